The molecule has 6 heteroatoms. The first-order chi connectivity index (χ1) is 12.6. The van der Waals surface area contributed by atoms with Crippen molar-refractivity contribution in [2.75, 3.05) is 51.6 Å². The lowest BCUT2D eigenvalue weighted by Crippen LogP contribution is -2.57. The number of carbonyl (C=O) groups is 1. The van der Waals surface area contributed by atoms with Crippen LogP contribution in [0.3, 0.4) is 0 Å². The molecule has 2 fully saturated rings. The van der Waals surface area contributed by atoms with Crippen LogP contribution in [0.2, 0.25) is 0 Å². The minimum Gasteiger partial charge on any atom is -0.325 e. The molecule has 1 amide bonds. The van der Waals surface area contributed by atoms with E-state index in [0.717, 1.165) is 32.7 Å². The van der Waals surface area contributed by atoms with Gasteiger partial charge in [0.1, 0.15) is 0 Å². The largest absolute Gasteiger partial charge is 0.325 e. The number of nitrogens with zero attached hydrogens (tertiary/aromatic N) is 4. The molecule has 1 N–H and O–H groups in total. The lowest BCUT2D eigenvalue weighted by Gasteiger charge is -2.43. The van der Waals surface area contributed by atoms with E-state index in [0.29, 0.717) is 17.3 Å². The van der Waals surface area contributed by atoms with Crippen molar-refractivity contribution < 1.29 is 4.79 Å². The highest BCUT2D eigenvalue weighted by Crippen LogP contribution is 2.18. The van der Waals surface area contributed by atoms with Crippen molar-refractivity contribution in [3.05, 3.63) is 29.8 Å². The highest BCUT2D eigenvalue weighted by Gasteiger charge is 2.30. The van der Waals surface area contributed by atoms with E-state index in [9.17, 15) is 4.79 Å². The lowest BCUT2D eigenvalue weighted by molar-refractivity contribution is -0.121. The molecule has 2 unspecified atom stereocenters. The molecule has 3 rings (SSSR count). The molecule has 26 heavy (non-hydrogen) atoms. The molecule has 0 saturated carbocycles. The maximum absolute atomic E-state index is 12.6. The summed E-state index contributed by atoms with van der Waals surface area (Å²) in [5, 5.41) is 11.9. The molecule has 2 aliphatic rings. The first-order valence-electron chi connectivity index (χ1n) is 9.54. The number of nitriles is 1. The quantitative estimate of drug-likeness (QED) is 0.889. The summed E-state index contributed by atoms with van der Waals surface area (Å²) in [7, 11) is 2.20. The summed E-state index contributed by atoms with van der Waals surface area (Å²) in [6, 6.07) is 9.65. The Kier molecular flexibility index (Phi) is 6.25. The number of piperidine rings is 1. The van der Waals surface area contributed by atoms with Crippen LogP contribution in [0.5, 0.6) is 0 Å². The smallest absolute Gasteiger partial charge is 0.241 e. The Morgan fingerprint density at radius 2 is 2.04 bits per heavy atom. The maximum Gasteiger partial charge on any atom is 0.241 e. The monoisotopic (exact) mass is 355 g/mol. The molecular formula is C20H29N5O. The number of likely N-dealkylation sites (N-methyl/N-ethyl adjacent to an activating group) is 1. The molecule has 0 bridgehead atoms. The van der Waals surface area contributed by atoms with Crippen LogP contribution in [0.1, 0.15) is 25.3 Å². The lowest BCUT2D eigenvalue weighted by atomic mass is 10.0. The molecule has 0 radical (unpaired) electrons. The van der Waals surface area contributed by atoms with Gasteiger partial charge in [-0.3, -0.25) is 14.6 Å². The van der Waals surface area contributed by atoms with E-state index in [1.807, 2.05) is 13.0 Å². The fraction of sp³-hybridized carbons (Fsp3) is 0.600. The number of hydrogen-bond acceptors (Lipinski definition) is 5. The van der Waals surface area contributed by atoms with Gasteiger partial charge in [-0.05, 0) is 51.6 Å². The van der Waals surface area contributed by atoms with Crippen LogP contribution in [0.25, 0.3) is 0 Å². The van der Waals surface area contributed by atoms with Crippen molar-refractivity contribution in [2.24, 2.45) is 0 Å². The zero-order chi connectivity index (χ0) is 18.5. The van der Waals surface area contributed by atoms with Gasteiger partial charge in [0.15, 0.2) is 0 Å². The number of hydrogen-bond donors (Lipinski definition) is 1. The Morgan fingerprint density at radius 1 is 1.27 bits per heavy atom. The molecule has 140 valence electrons. The third kappa shape index (κ3) is 4.61. The Labute approximate surface area is 156 Å². The summed E-state index contributed by atoms with van der Waals surface area (Å²) >= 11 is 0. The van der Waals surface area contributed by atoms with Crippen molar-refractivity contribution in [3.63, 3.8) is 0 Å². The highest BCUT2D eigenvalue weighted by atomic mass is 16.2. The van der Waals surface area contributed by atoms with Gasteiger partial charge in [0.05, 0.1) is 17.7 Å². The minimum absolute atomic E-state index is 0.00839. The van der Waals surface area contributed by atoms with Gasteiger partial charge in [0, 0.05) is 44.5 Å². The fourth-order valence-electron chi connectivity index (χ4n) is 4.01. The summed E-state index contributed by atoms with van der Waals surface area (Å²) < 4.78 is 0. The van der Waals surface area contributed by atoms with Crippen molar-refractivity contribution in [1.82, 2.24) is 14.7 Å². The van der Waals surface area contributed by atoms with Crippen LogP contribution in [0.15, 0.2) is 24.3 Å². The zero-order valence-corrected chi connectivity index (χ0v) is 15.8. The van der Waals surface area contributed by atoms with Crippen LogP contribution in [0.4, 0.5) is 5.69 Å². The van der Waals surface area contributed by atoms with Gasteiger partial charge < -0.3 is 10.2 Å². The predicted molar refractivity (Wildman–Crippen MR) is 103 cm³/mol. The van der Waals surface area contributed by atoms with Gasteiger partial charge in [-0.2, -0.15) is 5.26 Å². The van der Waals surface area contributed by atoms with Crippen LogP contribution in [0, 0.1) is 11.3 Å². The number of amides is 1. The standard InChI is InChI=1S/C20H29N5O/c1-16(20(26)22-18-6-3-5-17(13-18)14-21)24-9-11-25(12-10-24)19-7-4-8-23(2)15-19/h3,5-6,13,16,19H,4,7-12,15H2,1-2H3,(H,22,26). The van der Waals surface area contributed by atoms with Gasteiger partial charge in [-0.1, -0.05) is 6.07 Å². The van der Waals surface area contributed by atoms with Gasteiger partial charge in [0.25, 0.3) is 0 Å². The van der Waals surface area contributed by atoms with Crippen molar-refractivity contribution >= 4 is 11.6 Å². The first kappa shape index (κ1) is 18.8. The molecule has 1 aromatic rings. The van der Waals surface area contributed by atoms with Gasteiger partial charge in [-0.15, -0.1) is 0 Å². The van der Waals surface area contributed by atoms with E-state index in [2.05, 4.69) is 33.1 Å². The Hall–Kier alpha value is -1.94. The fourth-order valence-corrected chi connectivity index (χ4v) is 4.01. The number of anilines is 1. The third-order valence-electron chi connectivity index (χ3n) is 5.65. The number of likely N-dealkylation sites (tertiary alicyclic amines) is 1. The second-order valence-electron chi connectivity index (χ2n) is 7.49. The van der Waals surface area contributed by atoms with Crippen LogP contribution in [-0.2, 0) is 4.79 Å². The second-order valence-corrected chi connectivity index (χ2v) is 7.49. The minimum atomic E-state index is -0.170. The Balaban J connectivity index is 1.50. The summed E-state index contributed by atoms with van der Waals surface area (Å²) in [6.45, 7) is 8.24. The molecule has 2 atom stereocenters. The van der Waals surface area contributed by atoms with Crippen molar-refractivity contribution in [3.8, 4) is 6.07 Å². The number of benzene rings is 1. The summed E-state index contributed by atoms with van der Waals surface area (Å²) in [5.74, 6) is -0.00839. The Morgan fingerprint density at radius 3 is 2.73 bits per heavy atom. The van der Waals surface area contributed by atoms with E-state index in [1.54, 1.807) is 18.2 Å². The van der Waals surface area contributed by atoms with Crippen molar-refractivity contribution in [2.45, 2.75) is 31.8 Å². The van der Waals surface area contributed by atoms with Crippen LogP contribution >= 0.6 is 0 Å². The zero-order valence-electron chi connectivity index (χ0n) is 15.8. The molecule has 6 nitrogen and oxygen atoms in total. The first-order valence-corrected chi connectivity index (χ1v) is 9.54. The van der Waals surface area contributed by atoms with Crippen LogP contribution in [-0.4, -0.2) is 79.0 Å². The average molecular weight is 355 g/mol. The molecule has 0 aliphatic carbocycles. The van der Waals surface area contributed by atoms with E-state index < -0.39 is 0 Å². The van der Waals surface area contributed by atoms with Crippen molar-refractivity contribution in [1.29, 1.82) is 5.26 Å². The normalized spacial score (nSPS) is 24.0. The summed E-state index contributed by atoms with van der Waals surface area (Å²) in [6.07, 6.45) is 2.57. The number of rotatable bonds is 4. The topological polar surface area (TPSA) is 62.6 Å². The predicted octanol–water partition coefficient (Wildman–Crippen LogP) is 1.60. The van der Waals surface area contributed by atoms with E-state index in [-0.39, 0.29) is 11.9 Å². The Bertz CT molecular complexity index is 662. The maximum atomic E-state index is 12.6. The SMILES string of the molecule is CC(C(=O)Nc1cccc(C#N)c1)N1CCN(C2CCCN(C)C2)CC1. The average Bonchev–Trinajstić information content (AvgIpc) is 2.67. The molecule has 1 aromatic carbocycles. The molecule has 2 heterocycles. The molecule has 2 saturated heterocycles. The van der Waals surface area contributed by atoms with E-state index >= 15 is 0 Å². The van der Waals surface area contributed by atoms with E-state index in [4.69, 9.17) is 5.26 Å². The molecule has 0 spiro atoms. The number of piperazine rings is 1. The third-order valence-corrected chi connectivity index (χ3v) is 5.65. The van der Waals surface area contributed by atoms with Gasteiger partial charge in [0.2, 0.25) is 5.91 Å². The number of carbonyl (C=O) groups excluding carboxylic acids is 1. The van der Waals surface area contributed by atoms with E-state index in [1.165, 1.54) is 19.4 Å². The van der Waals surface area contributed by atoms with Gasteiger partial charge in [-0.25, -0.2) is 0 Å². The van der Waals surface area contributed by atoms with Gasteiger partial charge >= 0.3 is 0 Å². The molecule has 0 aromatic heterocycles. The summed E-state index contributed by atoms with van der Waals surface area (Å²) in [5.41, 5.74) is 1.24. The summed E-state index contributed by atoms with van der Waals surface area (Å²) in [4.78, 5) is 19.9. The number of nitrogens with one attached hydrogen (secondary N) is 1. The second kappa shape index (κ2) is 8.63. The molecule has 2 aliphatic heterocycles. The molecular weight excluding hydrogens is 326 g/mol. The highest BCUT2D eigenvalue weighted by molar-refractivity contribution is 5.94. The van der Waals surface area contributed by atoms with Crippen LogP contribution < -0.4 is 5.32 Å².